The van der Waals surface area contributed by atoms with Gasteiger partial charge < -0.3 is 10.1 Å². The Morgan fingerprint density at radius 1 is 1.20 bits per heavy atom. The monoisotopic (exact) mass is 405 g/mol. The molecule has 0 aliphatic carbocycles. The largest absolute Gasteiger partial charge is 0.494 e. The minimum Gasteiger partial charge on any atom is -0.494 e. The van der Waals surface area contributed by atoms with E-state index in [1.165, 1.54) is 5.56 Å². The molecule has 0 fully saturated rings. The van der Waals surface area contributed by atoms with Crippen molar-refractivity contribution in [3.8, 4) is 5.75 Å². The van der Waals surface area contributed by atoms with Crippen LogP contribution in [0.1, 0.15) is 32.8 Å². The van der Waals surface area contributed by atoms with Crippen molar-refractivity contribution < 1.29 is 9.53 Å². The summed E-state index contributed by atoms with van der Waals surface area (Å²) in [6.45, 7) is 7.62. The Balaban J connectivity index is 1.65. The fourth-order valence-corrected chi connectivity index (χ4v) is 2.48. The van der Waals surface area contributed by atoms with Crippen LogP contribution in [0.5, 0.6) is 5.75 Å². The van der Waals surface area contributed by atoms with E-state index in [0.717, 1.165) is 16.6 Å². The van der Waals surface area contributed by atoms with Crippen molar-refractivity contribution in [3.05, 3.63) is 52.6 Å². The van der Waals surface area contributed by atoms with Crippen LogP contribution in [0.3, 0.4) is 0 Å². The number of halogens is 1. The maximum absolute atomic E-state index is 11.8. The van der Waals surface area contributed by atoms with Gasteiger partial charge in [0.1, 0.15) is 11.6 Å². The normalized spacial score (nSPS) is 11.0. The topological polar surface area (TPSA) is 63.2 Å². The molecule has 0 atom stereocenters. The molecule has 2 rings (SSSR count). The molecule has 2 amide bonds. The lowest BCUT2D eigenvalue weighted by Gasteiger charge is -2.19. The summed E-state index contributed by atoms with van der Waals surface area (Å²) in [5.74, 6) is 1.35. The predicted octanol–water partition coefficient (Wildman–Crippen LogP) is 4.73. The molecular weight excluding hydrogens is 382 g/mol. The second-order valence-corrected chi connectivity index (χ2v) is 7.63. The summed E-state index contributed by atoms with van der Waals surface area (Å²) in [7, 11) is 0. The van der Waals surface area contributed by atoms with Crippen LogP contribution in [0, 0.1) is 0 Å². The number of carbonyl (C=O) groups is 1. The molecule has 134 valence electrons. The lowest BCUT2D eigenvalue weighted by Crippen LogP contribution is -2.30. The van der Waals surface area contributed by atoms with E-state index >= 15 is 0 Å². The predicted molar refractivity (Wildman–Crippen MR) is 104 cm³/mol. The summed E-state index contributed by atoms with van der Waals surface area (Å²) in [4.78, 5) is 15.8. The minimum atomic E-state index is -0.278. The quantitative estimate of drug-likeness (QED) is 0.682. The third-order valence-corrected chi connectivity index (χ3v) is 4.05. The average Bonchev–Trinajstić information content (AvgIpc) is 2.54. The van der Waals surface area contributed by atoms with Crippen molar-refractivity contribution in [1.82, 2.24) is 10.3 Å². The Morgan fingerprint density at radius 3 is 2.56 bits per heavy atom. The van der Waals surface area contributed by atoms with E-state index in [-0.39, 0.29) is 11.4 Å². The van der Waals surface area contributed by atoms with Gasteiger partial charge in [-0.15, -0.1) is 0 Å². The van der Waals surface area contributed by atoms with Crippen molar-refractivity contribution in [3.63, 3.8) is 0 Å². The zero-order valence-corrected chi connectivity index (χ0v) is 16.4. The Bertz CT molecular complexity index is 697. The Labute approximate surface area is 157 Å². The molecule has 1 aromatic carbocycles. The first-order valence-electron chi connectivity index (χ1n) is 8.24. The van der Waals surface area contributed by atoms with Crippen molar-refractivity contribution in [1.29, 1.82) is 0 Å². The molecule has 6 heteroatoms. The summed E-state index contributed by atoms with van der Waals surface area (Å²) in [6.07, 6.45) is 2.35. The lowest BCUT2D eigenvalue weighted by atomic mass is 9.87. The van der Waals surface area contributed by atoms with Crippen molar-refractivity contribution in [2.75, 3.05) is 18.5 Å². The zero-order valence-electron chi connectivity index (χ0n) is 14.8. The number of hydrogen-bond acceptors (Lipinski definition) is 3. The minimum absolute atomic E-state index is 0.138. The molecule has 0 saturated heterocycles. The third kappa shape index (κ3) is 6.74. The van der Waals surface area contributed by atoms with Crippen LogP contribution in [0.4, 0.5) is 10.6 Å². The van der Waals surface area contributed by atoms with E-state index in [4.69, 9.17) is 4.74 Å². The van der Waals surface area contributed by atoms with Gasteiger partial charge in [0.15, 0.2) is 0 Å². The number of carbonyl (C=O) groups excluding carboxylic acids is 1. The van der Waals surface area contributed by atoms with Crippen LogP contribution in [0.15, 0.2) is 47.1 Å². The van der Waals surface area contributed by atoms with Crippen LogP contribution in [-0.4, -0.2) is 24.2 Å². The Kier molecular flexibility index (Phi) is 6.82. The first-order valence-corrected chi connectivity index (χ1v) is 9.03. The van der Waals surface area contributed by atoms with Crippen molar-refractivity contribution in [2.45, 2.75) is 32.6 Å². The molecule has 0 aliphatic heterocycles. The first-order chi connectivity index (χ1) is 11.8. The van der Waals surface area contributed by atoms with E-state index in [2.05, 4.69) is 64.5 Å². The summed E-state index contributed by atoms with van der Waals surface area (Å²) in [6, 6.07) is 11.4. The van der Waals surface area contributed by atoms with Gasteiger partial charge in [0, 0.05) is 17.2 Å². The number of rotatable bonds is 6. The van der Waals surface area contributed by atoms with Gasteiger partial charge in [-0.05, 0) is 41.7 Å². The molecular formula is C19H24BrN3O2. The fraction of sp³-hybridized carbons (Fsp3) is 0.368. The highest BCUT2D eigenvalue weighted by atomic mass is 79.9. The molecule has 1 aromatic heterocycles. The highest BCUT2D eigenvalue weighted by Crippen LogP contribution is 2.24. The lowest BCUT2D eigenvalue weighted by molar-refractivity contribution is 0.250. The number of anilines is 1. The number of nitrogens with zero attached hydrogens (tertiary/aromatic N) is 1. The van der Waals surface area contributed by atoms with Gasteiger partial charge in [0.05, 0.1) is 6.61 Å². The van der Waals surface area contributed by atoms with Crippen LogP contribution in [-0.2, 0) is 5.41 Å². The number of hydrogen-bond donors (Lipinski definition) is 2. The first kappa shape index (κ1) is 19.2. The SMILES string of the molecule is CC(C)(C)c1ccc(OCCCNC(=O)Nc2cc(Br)ccn2)cc1. The highest BCUT2D eigenvalue weighted by molar-refractivity contribution is 9.10. The number of pyridine rings is 1. The summed E-state index contributed by atoms with van der Waals surface area (Å²) in [5, 5.41) is 5.46. The van der Waals surface area contributed by atoms with Gasteiger partial charge in [0.25, 0.3) is 0 Å². The van der Waals surface area contributed by atoms with E-state index in [0.29, 0.717) is 19.0 Å². The van der Waals surface area contributed by atoms with Gasteiger partial charge >= 0.3 is 6.03 Å². The van der Waals surface area contributed by atoms with Crippen LogP contribution in [0.25, 0.3) is 0 Å². The Hall–Kier alpha value is -2.08. The van der Waals surface area contributed by atoms with Crippen LogP contribution in [0.2, 0.25) is 0 Å². The fourth-order valence-electron chi connectivity index (χ4n) is 2.15. The zero-order chi connectivity index (χ0) is 18.3. The number of nitrogens with one attached hydrogen (secondary N) is 2. The highest BCUT2D eigenvalue weighted by Gasteiger charge is 2.12. The molecule has 0 saturated carbocycles. The molecule has 0 aliphatic rings. The van der Waals surface area contributed by atoms with Crippen LogP contribution >= 0.6 is 15.9 Å². The number of aromatic nitrogens is 1. The number of amides is 2. The molecule has 2 N–H and O–H groups in total. The summed E-state index contributed by atoms with van der Waals surface area (Å²) in [5.41, 5.74) is 1.42. The van der Waals surface area contributed by atoms with Crippen molar-refractivity contribution in [2.24, 2.45) is 0 Å². The second-order valence-electron chi connectivity index (χ2n) is 6.72. The van der Waals surface area contributed by atoms with Crippen molar-refractivity contribution >= 4 is 27.8 Å². The van der Waals surface area contributed by atoms with Gasteiger partial charge in [-0.3, -0.25) is 5.32 Å². The van der Waals surface area contributed by atoms with Gasteiger partial charge in [-0.25, -0.2) is 9.78 Å². The van der Waals surface area contributed by atoms with Gasteiger partial charge in [-0.2, -0.15) is 0 Å². The van der Waals surface area contributed by atoms with E-state index in [1.807, 2.05) is 12.1 Å². The average molecular weight is 406 g/mol. The van der Waals surface area contributed by atoms with Gasteiger partial charge in [0.2, 0.25) is 0 Å². The smallest absolute Gasteiger partial charge is 0.320 e. The maximum atomic E-state index is 11.8. The van der Waals surface area contributed by atoms with Crippen LogP contribution < -0.4 is 15.4 Å². The summed E-state index contributed by atoms with van der Waals surface area (Å²) >= 11 is 3.33. The second kappa shape index (κ2) is 8.85. The molecule has 25 heavy (non-hydrogen) atoms. The van der Waals surface area contributed by atoms with E-state index in [1.54, 1.807) is 18.3 Å². The maximum Gasteiger partial charge on any atom is 0.320 e. The van der Waals surface area contributed by atoms with E-state index < -0.39 is 0 Å². The van der Waals surface area contributed by atoms with Gasteiger partial charge in [-0.1, -0.05) is 48.8 Å². The summed E-state index contributed by atoms with van der Waals surface area (Å²) < 4.78 is 6.56. The molecule has 1 heterocycles. The number of benzene rings is 1. The van der Waals surface area contributed by atoms with E-state index in [9.17, 15) is 4.79 Å². The third-order valence-electron chi connectivity index (χ3n) is 3.56. The Morgan fingerprint density at radius 2 is 1.92 bits per heavy atom. The molecule has 0 bridgehead atoms. The number of urea groups is 1. The molecule has 0 unspecified atom stereocenters. The number of ether oxygens (including phenoxy) is 1. The molecule has 0 radical (unpaired) electrons. The molecule has 0 spiro atoms. The standard InChI is InChI=1S/C19H24BrN3O2/c1-19(2,3)14-5-7-16(8-6-14)25-12-4-10-22-18(24)23-17-13-15(20)9-11-21-17/h5-9,11,13H,4,10,12H2,1-3H3,(H2,21,22,23,24). The molecule has 5 nitrogen and oxygen atoms in total. The molecule has 2 aromatic rings.